The zero-order chi connectivity index (χ0) is 21.8. The lowest BCUT2D eigenvalue weighted by Crippen LogP contribution is -2.20. The summed E-state index contributed by atoms with van der Waals surface area (Å²) in [5.41, 5.74) is 4.04. The first-order chi connectivity index (χ1) is 14.3. The van der Waals surface area contributed by atoms with E-state index in [4.69, 9.17) is 28.6 Å². The number of non-ortho nitro benzene ring substituents is 1. The molecule has 0 bridgehead atoms. The Kier molecular flexibility index (Phi) is 6.53. The number of hydrogen-bond acceptors (Lipinski definition) is 5. The molecule has 0 fully saturated rings. The van der Waals surface area contributed by atoms with Gasteiger partial charge in [0, 0.05) is 11.1 Å². The molecule has 0 aliphatic carbocycles. The first-order valence-corrected chi connectivity index (χ1v) is 9.76. The molecule has 3 aromatic rings. The molecule has 0 atom stereocenters. The van der Waals surface area contributed by atoms with Gasteiger partial charge in [0.05, 0.1) is 47.4 Å². The summed E-state index contributed by atoms with van der Waals surface area (Å²) in [5, 5.41) is 22.7. The van der Waals surface area contributed by atoms with Gasteiger partial charge in [-0.25, -0.2) is 0 Å². The number of halogens is 1. The van der Waals surface area contributed by atoms with Crippen LogP contribution in [0, 0.1) is 24.0 Å². The van der Waals surface area contributed by atoms with Gasteiger partial charge in [-0.15, -0.1) is 0 Å². The molecule has 0 unspecified atom stereocenters. The third-order valence-electron chi connectivity index (χ3n) is 4.51. The fourth-order valence-corrected chi connectivity index (χ4v) is 3.30. The lowest BCUT2D eigenvalue weighted by molar-refractivity contribution is -0.384. The van der Waals surface area contributed by atoms with E-state index in [-0.39, 0.29) is 5.69 Å². The fraction of sp³-hybridized carbons (Fsp3) is 0.200. The SMILES string of the molecule is COc1cc([N+](=O)[O-])ccc1NC(=S)Nc1c(C)nn(Cc2ccc(Cl)cc2)c1C. The highest BCUT2D eigenvalue weighted by atomic mass is 35.5. The van der Waals surface area contributed by atoms with Gasteiger partial charge in [0.2, 0.25) is 0 Å². The van der Waals surface area contributed by atoms with E-state index in [0.717, 1.165) is 22.6 Å². The van der Waals surface area contributed by atoms with Crippen LogP contribution < -0.4 is 15.4 Å². The zero-order valence-corrected chi connectivity index (χ0v) is 18.2. The molecule has 10 heteroatoms. The minimum atomic E-state index is -0.481. The summed E-state index contributed by atoms with van der Waals surface area (Å²) >= 11 is 11.4. The van der Waals surface area contributed by atoms with Crippen molar-refractivity contribution in [3.8, 4) is 5.75 Å². The average Bonchev–Trinajstić information content (AvgIpc) is 2.97. The second-order valence-corrected chi connectivity index (χ2v) is 7.40. The molecular weight excluding hydrogens is 426 g/mol. The summed E-state index contributed by atoms with van der Waals surface area (Å²) in [6.45, 7) is 4.44. The largest absolute Gasteiger partial charge is 0.494 e. The Morgan fingerprint density at radius 2 is 1.93 bits per heavy atom. The van der Waals surface area contributed by atoms with Crippen LogP contribution in [0.5, 0.6) is 5.75 Å². The zero-order valence-electron chi connectivity index (χ0n) is 16.6. The van der Waals surface area contributed by atoms with Crippen molar-refractivity contribution in [2.24, 2.45) is 0 Å². The maximum absolute atomic E-state index is 10.9. The van der Waals surface area contributed by atoms with Gasteiger partial charge >= 0.3 is 0 Å². The van der Waals surface area contributed by atoms with Crippen molar-refractivity contribution in [3.63, 3.8) is 0 Å². The molecule has 1 heterocycles. The summed E-state index contributed by atoms with van der Waals surface area (Å²) < 4.78 is 7.12. The molecule has 1 aromatic heterocycles. The molecule has 0 aliphatic heterocycles. The van der Waals surface area contributed by atoms with E-state index in [0.29, 0.717) is 28.1 Å². The highest BCUT2D eigenvalue weighted by Crippen LogP contribution is 2.29. The number of benzene rings is 2. The van der Waals surface area contributed by atoms with Crippen molar-refractivity contribution in [1.29, 1.82) is 0 Å². The minimum Gasteiger partial charge on any atom is -0.494 e. The number of aromatic nitrogens is 2. The number of nitro groups is 1. The predicted octanol–water partition coefficient (Wildman–Crippen LogP) is 4.93. The number of aryl methyl sites for hydroxylation is 1. The quantitative estimate of drug-likeness (QED) is 0.315. The van der Waals surface area contributed by atoms with Gasteiger partial charge in [-0.05, 0) is 49.8 Å². The summed E-state index contributed by atoms with van der Waals surface area (Å²) in [4.78, 5) is 10.5. The molecule has 30 heavy (non-hydrogen) atoms. The Bertz CT molecular complexity index is 1100. The Morgan fingerprint density at radius 3 is 2.57 bits per heavy atom. The molecule has 8 nitrogen and oxygen atoms in total. The highest BCUT2D eigenvalue weighted by molar-refractivity contribution is 7.80. The lowest BCUT2D eigenvalue weighted by Gasteiger charge is -2.13. The number of nitro benzene ring substituents is 1. The predicted molar refractivity (Wildman–Crippen MR) is 122 cm³/mol. The number of anilines is 2. The lowest BCUT2D eigenvalue weighted by atomic mass is 10.2. The van der Waals surface area contributed by atoms with Crippen LogP contribution in [-0.2, 0) is 6.54 Å². The molecule has 0 amide bonds. The molecule has 156 valence electrons. The van der Waals surface area contributed by atoms with Crippen molar-refractivity contribution < 1.29 is 9.66 Å². The van der Waals surface area contributed by atoms with E-state index < -0.39 is 4.92 Å². The number of methoxy groups -OCH3 is 1. The normalized spacial score (nSPS) is 10.5. The first kappa shape index (κ1) is 21.5. The Labute approximate surface area is 184 Å². The van der Waals surface area contributed by atoms with Crippen LogP contribution >= 0.6 is 23.8 Å². The average molecular weight is 446 g/mol. The van der Waals surface area contributed by atoms with E-state index in [1.54, 1.807) is 6.07 Å². The second kappa shape index (κ2) is 9.10. The smallest absolute Gasteiger partial charge is 0.273 e. The van der Waals surface area contributed by atoms with Crippen LogP contribution in [0.1, 0.15) is 17.0 Å². The molecule has 3 rings (SSSR count). The van der Waals surface area contributed by atoms with E-state index in [1.807, 2.05) is 42.8 Å². The summed E-state index contributed by atoms with van der Waals surface area (Å²) in [6.07, 6.45) is 0. The number of thiocarbonyl (C=S) groups is 1. The number of nitrogens with zero attached hydrogens (tertiary/aromatic N) is 3. The van der Waals surface area contributed by atoms with Crippen LogP contribution in [0.25, 0.3) is 0 Å². The van der Waals surface area contributed by atoms with Crippen LogP contribution in [0.15, 0.2) is 42.5 Å². The number of ether oxygens (including phenoxy) is 1. The van der Waals surface area contributed by atoms with E-state index in [2.05, 4.69) is 15.7 Å². The number of hydrogen-bond donors (Lipinski definition) is 2. The van der Waals surface area contributed by atoms with Crippen LogP contribution in [0.4, 0.5) is 17.1 Å². The molecule has 0 saturated carbocycles. The van der Waals surface area contributed by atoms with Gasteiger partial charge in [0.25, 0.3) is 5.69 Å². The monoisotopic (exact) mass is 445 g/mol. The molecule has 0 aliphatic rings. The van der Waals surface area contributed by atoms with Gasteiger partial charge in [-0.1, -0.05) is 23.7 Å². The molecule has 0 saturated heterocycles. The minimum absolute atomic E-state index is 0.0635. The van der Waals surface area contributed by atoms with Gasteiger partial charge in [-0.2, -0.15) is 5.10 Å². The summed E-state index contributed by atoms with van der Waals surface area (Å²) in [6, 6.07) is 11.9. The standard InChI is InChI=1S/C20H20ClN5O3S/c1-12-19(13(2)25(24-12)11-14-4-6-15(21)7-5-14)23-20(30)22-17-9-8-16(26(27)28)10-18(17)29-3/h4-10H,11H2,1-3H3,(H2,22,23,30). The third kappa shape index (κ3) is 4.87. The second-order valence-electron chi connectivity index (χ2n) is 6.55. The number of rotatable bonds is 6. The maximum atomic E-state index is 10.9. The van der Waals surface area contributed by atoms with Crippen molar-refractivity contribution in [2.75, 3.05) is 17.7 Å². The van der Waals surface area contributed by atoms with E-state index in [1.165, 1.54) is 19.2 Å². The van der Waals surface area contributed by atoms with Crippen LogP contribution in [0.2, 0.25) is 5.02 Å². The molecule has 2 N–H and O–H groups in total. The van der Waals surface area contributed by atoms with Crippen molar-refractivity contribution in [1.82, 2.24) is 9.78 Å². The van der Waals surface area contributed by atoms with Crippen LogP contribution in [-0.4, -0.2) is 26.9 Å². The highest BCUT2D eigenvalue weighted by Gasteiger charge is 2.15. The maximum Gasteiger partial charge on any atom is 0.273 e. The van der Waals surface area contributed by atoms with Gasteiger partial charge in [0.15, 0.2) is 5.11 Å². The van der Waals surface area contributed by atoms with Crippen molar-refractivity contribution in [3.05, 3.63) is 74.6 Å². The van der Waals surface area contributed by atoms with Gasteiger partial charge in [-0.3, -0.25) is 14.8 Å². The molecule has 2 aromatic carbocycles. The number of nitrogens with one attached hydrogen (secondary N) is 2. The fourth-order valence-electron chi connectivity index (χ4n) is 2.96. The van der Waals surface area contributed by atoms with Gasteiger partial charge < -0.3 is 15.4 Å². The van der Waals surface area contributed by atoms with E-state index >= 15 is 0 Å². The molecule has 0 radical (unpaired) electrons. The van der Waals surface area contributed by atoms with Gasteiger partial charge in [0.1, 0.15) is 5.75 Å². The van der Waals surface area contributed by atoms with Crippen molar-refractivity contribution >= 4 is 46.0 Å². The Hall–Kier alpha value is -3.17. The molecular formula is C20H20ClN5O3S. The topological polar surface area (TPSA) is 94.2 Å². The third-order valence-corrected chi connectivity index (χ3v) is 4.97. The first-order valence-electron chi connectivity index (χ1n) is 8.97. The van der Waals surface area contributed by atoms with Crippen molar-refractivity contribution in [2.45, 2.75) is 20.4 Å². The summed E-state index contributed by atoms with van der Waals surface area (Å²) in [7, 11) is 1.44. The Morgan fingerprint density at radius 1 is 1.23 bits per heavy atom. The Balaban J connectivity index is 1.75. The molecule has 0 spiro atoms. The van der Waals surface area contributed by atoms with E-state index in [9.17, 15) is 10.1 Å². The summed E-state index contributed by atoms with van der Waals surface area (Å²) in [5.74, 6) is 0.320. The van der Waals surface area contributed by atoms with Crippen LogP contribution in [0.3, 0.4) is 0 Å².